The van der Waals surface area contributed by atoms with Crippen molar-refractivity contribution in [1.29, 1.82) is 0 Å². The molecule has 0 radical (unpaired) electrons. The van der Waals surface area contributed by atoms with Gasteiger partial charge >= 0.3 is 0 Å². The van der Waals surface area contributed by atoms with Gasteiger partial charge in [-0.15, -0.1) is 0 Å². The zero-order valence-corrected chi connectivity index (χ0v) is 20.8. The molecule has 1 fully saturated rings. The fraction of sp³-hybridized carbons (Fsp3) is 0.417. The minimum atomic E-state index is -3.83. The summed E-state index contributed by atoms with van der Waals surface area (Å²) in [6.07, 6.45) is 4.87. The maximum Gasteiger partial charge on any atom is 0.244 e. The monoisotopic (exact) mass is 509 g/mol. The molecule has 1 aliphatic rings. The topological polar surface area (TPSA) is 86.8 Å². The lowest BCUT2D eigenvalue weighted by molar-refractivity contribution is -0.139. The maximum absolute atomic E-state index is 13.4. The summed E-state index contributed by atoms with van der Waals surface area (Å²) in [5.74, 6) is -1.29. The Balaban J connectivity index is 1.87. The highest BCUT2D eigenvalue weighted by Crippen LogP contribution is 2.23. The predicted octanol–water partition coefficient (Wildman–Crippen LogP) is 3.72. The van der Waals surface area contributed by atoms with Gasteiger partial charge in [0.1, 0.15) is 18.4 Å². The second-order valence-corrected chi connectivity index (χ2v) is 10.9. The van der Waals surface area contributed by atoms with Crippen LogP contribution in [0.3, 0.4) is 0 Å². The zero-order chi connectivity index (χ0) is 24.9. The van der Waals surface area contributed by atoms with Crippen molar-refractivity contribution >= 4 is 39.1 Å². The Morgan fingerprint density at radius 1 is 1.15 bits per heavy atom. The van der Waals surface area contributed by atoms with Crippen LogP contribution in [0.25, 0.3) is 0 Å². The van der Waals surface area contributed by atoms with Crippen molar-refractivity contribution in [3.8, 4) is 0 Å². The van der Waals surface area contributed by atoms with Crippen molar-refractivity contribution in [3.63, 3.8) is 0 Å². The number of hydrogen-bond acceptors (Lipinski definition) is 4. The summed E-state index contributed by atoms with van der Waals surface area (Å²) in [5, 5.41) is 3.31. The first-order chi connectivity index (χ1) is 16.0. The Hall–Kier alpha value is -2.65. The summed E-state index contributed by atoms with van der Waals surface area (Å²) < 4.78 is 39.4. The highest BCUT2D eigenvalue weighted by atomic mass is 35.5. The molecule has 7 nitrogen and oxygen atoms in total. The van der Waals surface area contributed by atoms with Gasteiger partial charge in [-0.05, 0) is 55.7 Å². The van der Waals surface area contributed by atoms with Gasteiger partial charge in [-0.1, -0.05) is 42.6 Å². The average Bonchev–Trinajstić information content (AvgIpc) is 3.28. The van der Waals surface area contributed by atoms with Crippen LogP contribution in [0.1, 0.15) is 38.2 Å². The van der Waals surface area contributed by atoms with Crippen LogP contribution in [0, 0.1) is 5.82 Å². The van der Waals surface area contributed by atoms with Gasteiger partial charge < -0.3 is 10.2 Å². The number of hydrogen-bond donors (Lipinski definition) is 1. The van der Waals surface area contributed by atoms with Crippen LogP contribution in [-0.4, -0.2) is 50.0 Å². The molecule has 2 amide bonds. The first kappa shape index (κ1) is 26.0. The van der Waals surface area contributed by atoms with E-state index in [2.05, 4.69) is 5.32 Å². The number of carbonyl (C=O) groups is 2. The minimum Gasteiger partial charge on any atom is -0.352 e. The molecule has 34 heavy (non-hydrogen) atoms. The van der Waals surface area contributed by atoms with Crippen LogP contribution in [-0.2, 0) is 26.2 Å². The Kier molecular flexibility index (Phi) is 8.54. The Bertz CT molecular complexity index is 1120. The third-order valence-electron chi connectivity index (χ3n) is 5.91. The normalized spacial score (nSPS) is 15.1. The quantitative estimate of drug-likeness (QED) is 0.558. The Labute approximate surface area is 204 Å². The molecule has 1 N–H and O–H groups in total. The number of anilines is 1. The minimum absolute atomic E-state index is 0.0194. The van der Waals surface area contributed by atoms with E-state index in [4.69, 9.17) is 11.6 Å². The van der Waals surface area contributed by atoms with E-state index in [1.54, 1.807) is 25.1 Å². The summed E-state index contributed by atoms with van der Waals surface area (Å²) in [5.41, 5.74) is 0.858. The van der Waals surface area contributed by atoms with Gasteiger partial charge in [0.2, 0.25) is 21.8 Å². The largest absolute Gasteiger partial charge is 0.352 e. The lowest BCUT2D eigenvalue weighted by Crippen LogP contribution is -2.52. The summed E-state index contributed by atoms with van der Waals surface area (Å²) >= 11 is 6.03. The SMILES string of the molecule is C[C@@H](C(=O)NC1CCCC1)N(Cc1ccc(F)cc1)C(=O)CN(c1cccc(Cl)c1)S(C)(=O)=O. The van der Waals surface area contributed by atoms with Crippen LogP contribution >= 0.6 is 11.6 Å². The molecule has 2 aromatic carbocycles. The van der Waals surface area contributed by atoms with Gasteiger partial charge in [-0.25, -0.2) is 12.8 Å². The van der Waals surface area contributed by atoms with Crippen LogP contribution in [0.4, 0.5) is 10.1 Å². The highest BCUT2D eigenvalue weighted by molar-refractivity contribution is 7.92. The third-order valence-corrected chi connectivity index (χ3v) is 7.29. The lowest BCUT2D eigenvalue weighted by atomic mass is 10.1. The Morgan fingerprint density at radius 2 is 1.79 bits per heavy atom. The van der Waals surface area contributed by atoms with Crippen LogP contribution in [0.5, 0.6) is 0 Å². The molecule has 2 aromatic rings. The molecule has 3 rings (SSSR count). The summed E-state index contributed by atoms with van der Waals surface area (Å²) in [6.45, 7) is 1.11. The molecule has 10 heteroatoms. The van der Waals surface area contributed by atoms with Crippen molar-refractivity contribution in [2.45, 2.75) is 51.2 Å². The van der Waals surface area contributed by atoms with Crippen LogP contribution in [0.2, 0.25) is 5.02 Å². The molecule has 0 saturated heterocycles. The highest BCUT2D eigenvalue weighted by Gasteiger charge is 2.31. The van der Waals surface area contributed by atoms with Crippen molar-refractivity contribution in [2.75, 3.05) is 17.1 Å². The molecule has 0 heterocycles. The van der Waals surface area contributed by atoms with E-state index in [1.807, 2.05) is 0 Å². The summed E-state index contributed by atoms with van der Waals surface area (Å²) in [4.78, 5) is 27.7. The van der Waals surface area contributed by atoms with Crippen LogP contribution in [0.15, 0.2) is 48.5 Å². The third kappa shape index (κ3) is 6.93. The number of sulfonamides is 1. The summed E-state index contributed by atoms with van der Waals surface area (Å²) in [7, 11) is -3.83. The van der Waals surface area contributed by atoms with Crippen molar-refractivity contribution in [3.05, 3.63) is 64.9 Å². The second-order valence-electron chi connectivity index (χ2n) is 8.56. The van der Waals surface area contributed by atoms with E-state index in [0.717, 1.165) is 36.2 Å². The smallest absolute Gasteiger partial charge is 0.244 e. The van der Waals surface area contributed by atoms with Gasteiger partial charge in [0.25, 0.3) is 0 Å². The molecule has 1 atom stereocenters. The molecule has 0 spiro atoms. The second kappa shape index (κ2) is 11.2. The number of benzene rings is 2. The molecule has 0 aromatic heterocycles. The van der Waals surface area contributed by atoms with E-state index < -0.39 is 34.3 Å². The standard InChI is InChI=1S/C24H29ClFN3O4S/c1-17(24(31)27-21-7-3-4-8-21)28(15-18-10-12-20(26)13-11-18)23(30)16-29(34(2,32)33)22-9-5-6-19(25)14-22/h5-6,9-14,17,21H,3-4,7-8,15-16H2,1-2H3,(H,27,31)/t17-/m0/s1. The average molecular weight is 510 g/mol. The number of halogens is 2. The fourth-order valence-corrected chi connectivity index (χ4v) is 5.03. The number of amides is 2. The number of nitrogens with zero attached hydrogens (tertiary/aromatic N) is 2. The number of nitrogens with one attached hydrogen (secondary N) is 1. The molecule has 1 saturated carbocycles. The molecular formula is C24H29ClFN3O4S. The number of carbonyl (C=O) groups excluding carboxylic acids is 2. The first-order valence-corrected chi connectivity index (χ1v) is 13.3. The van der Waals surface area contributed by atoms with Crippen molar-refractivity contribution in [2.24, 2.45) is 0 Å². The van der Waals surface area contributed by atoms with E-state index in [0.29, 0.717) is 10.6 Å². The predicted molar refractivity (Wildman–Crippen MR) is 130 cm³/mol. The molecule has 0 unspecified atom stereocenters. The fourth-order valence-electron chi connectivity index (χ4n) is 4.01. The number of rotatable bonds is 9. The van der Waals surface area contributed by atoms with Gasteiger partial charge in [0, 0.05) is 17.6 Å². The molecule has 0 aliphatic heterocycles. The van der Waals surface area contributed by atoms with Gasteiger partial charge in [0.05, 0.1) is 11.9 Å². The molecular weight excluding hydrogens is 481 g/mol. The molecule has 184 valence electrons. The van der Waals surface area contributed by atoms with E-state index >= 15 is 0 Å². The molecule has 1 aliphatic carbocycles. The van der Waals surface area contributed by atoms with Crippen LogP contribution < -0.4 is 9.62 Å². The van der Waals surface area contributed by atoms with Gasteiger partial charge in [0.15, 0.2) is 0 Å². The van der Waals surface area contributed by atoms with Gasteiger partial charge in [-0.3, -0.25) is 13.9 Å². The Morgan fingerprint density at radius 3 is 2.38 bits per heavy atom. The van der Waals surface area contributed by atoms with Crippen molar-refractivity contribution in [1.82, 2.24) is 10.2 Å². The lowest BCUT2D eigenvalue weighted by Gasteiger charge is -2.32. The van der Waals surface area contributed by atoms with Gasteiger partial charge in [-0.2, -0.15) is 0 Å². The molecule has 0 bridgehead atoms. The van der Waals surface area contributed by atoms with Crippen molar-refractivity contribution < 1.29 is 22.4 Å². The van der Waals surface area contributed by atoms with E-state index in [-0.39, 0.29) is 24.2 Å². The van der Waals surface area contributed by atoms with E-state index in [9.17, 15) is 22.4 Å². The summed E-state index contributed by atoms with van der Waals surface area (Å²) in [6, 6.07) is 11.0. The van der Waals surface area contributed by atoms with E-state index in [1.165, 1.54) is 35.2 Å². The first-order valence-electron chi connectivity index (χ1n) is 11.1. The maximum atomic E-state index is 13.4. The zero-order valence-electron chi connectivity index (χ0n) is 19.2.